The van der Waals surface area contributed by atoms with Gasteiger partial charge in [0, 0.05) is 63.3 Å². The molecule has 3 aromatic rings. The number of morpholine rings is 1. The van der Waals surface area contributed by atoms with Crippen LogP contribution in [0.3, 0.4) is 0 Å². The van der Waals surface area contributed by atoms with Gasteiger partial charge in [0.1, 0.15) is 12.4 Å². The lowest BCUT2D eigenvalue weighted by Gasteiger charge is -2.35. The molecule has 0 bridgehead atoms. The number of hydrogen-bond donors (Lipinski definition) is 2. The van der Waals surface area contributed by atoms with E-state index in [0.717, 1.165) is 43.8 Å². The molecule has 252 valence electrons. The Balaban J connectivity index is 1.38. The Morgan fingerprint density at radius 2 is 1.55 bits per heavy atom. The third kappa shape index (κ3) is 8.10. The van der Waals surface area contributed by atoms with E-state index < -0.39 is 11.7 Å². The van der Waals surface area contributed by atoms with Crippen molar-refractivity contribution in [2.45, 2.75) is 26.2 Å². The lowest BCUT2D eigenvalue weighted by Crippen LogP contribution is -2.49. The molecule has 0 atom stereocenters. The number of β-amino-alcohol motifs (C(OH)–C–C–N with tert-alkyl or cyclic N) is 1. The van der Waals surface area contributed by atoms with Gasteiger partial charge in [-0.3, -0.25) is 24.2 Å². The van der Waals surface area contributed by atoms with Crippen molar-refractivity contribution in [1.29, 1.82) is 0 Å². The number of amides is 2. The molecule has 2 saturated heterocycles. The number of piperazine rings is 1. The Bertz CT molecular complexity index is 1590. The van der Waals surface area contributed by atoms with E-state index in [1.807, 2.05) is 51.1 Å². The fourth-order valence-electron chi connectivity index (χ4n) is 6.03. The molecule has 5 rings (SSSR count). The smallest absolute Gasteiger partial charge is 0.296 e. The monoisotopic (exact) mass is 646 g/mol. The summed E-state index contributed by atoms with van der Waals surface area (Å²) in [4.78, 5) is 47.3. The number of rotatable bonds is 11. The Morgan fingerprint density at radius 1 is 0.872 bits per heavy atom. The molecule has 0 unspecified atom stereocenters. The van der Waals surface area contributed by atoms with Crippen LogP contribution in [0.25, 0.3) is 10.8 Å². The van der Waals surface area contributed by atoms with E-state index in [4.69, 9.17) is 14.2 Å². The van der Waals surface area contributed by atoms with Crippen LogP contribution in [0.4, 0.5) is 5.69 Å². The van der Waals surface area contributed by atoms with Gasteiger partial charge in [-0.15, -0.1) is 0 Å². The lowest BCUT2D eigenvalue weighted by molar-refractivity contribution is -0.112. The summed E-state index contributed by atoms with van der Waals surface area (Å²) in [7, 11) is 1.45. The molecule has 3 aromatic carbocycles. The van der Waals surface area contributed by atoms with Crippen molar-refractivity contribution in [2.24, 2.45) is 0 Å². The van der Waals surface area contributed by atoms with Crippen LogP contribution < -0.4 is 14.8 Å². The molecular weight excluding hydrogens is 600 g/mol. The van der Waals surface area contributed by atoms with Gasteiger partial charge in [-0.05, 0) is 40.6 Å². The highest BCUT2D eigenvalue weighted by molar-refractivity contribution is 6.48. The molecule has 11 heteroatoms. The van der Waals surface area contributed by atoms with Crippen molar-refractivity contribution >= 4 is 34.1 Å². The van der Waals surface area contributed by atoms with E-state index in [0.29, 0.717) is 56.0 Å². The first-order valence-electron chi connectivity index (χ1n) is 16.3. The minimum atomic E-state index is -0.837. The zero-order valence-electron chi connectivity index (χ0n) is 27.8. The van der Waals surface area contributed by atoms with Gasteiger partial charge in [-0.2, -0.15) is 0 Å². The number of aliphatic hydroxyl groups is 1. The summed E-state index contributed by atoms with van der Waals surface area (Å²) in [6, 6.07) is 14.3. The van der Waals surface area contributed by atoms with Crippen LogP contribution in [-0.2, 0) is 14.9 Å². The van der Waals surface area contributed by atoms with Crippen LogP contribution in [-0.4, -0.2) is 123 Å². The molecule has 2 aliphatic rings. The molecule has 47 heavy (non-hydrogen) atoms. The van der Waals surface area contributed by atoms with Gasteiger partial charge in [-0.1, -0.05) is 45.0 Å². The first-order valence-corrected chi connectivity index (χ1v) is 16.3. The molecule has 2 aliphatic heterocycles. The molecule has 0 spiro atoms. The number of carbonyl (C=O) groups is 3. The normalized spacial score (nSPS) is 16.2. The molecule has 0 radical (unpaired) electrons. The zero-order chi connectivity index (χ0) is 33.6. The minimum Gasteiger partial charge on any atom is -0.494 e. The largest absolute Gasteiger partial charge is 0.494 e. The number of methoxy groups -OCH3 is 1. The van der Waals surface area contributed by atoms with Crippen molar-refractivity contribution in [3.8, 4) is 11.5 Å². The SMILES string of the molecule is COc1c(NC(=O)C(=O)c2ccc(OCCN3CCOCC3)c3ccccc23)cc(C(C)(C)C)cc1C(=O)N1CCN(CCO)CC1. The van der Waals surface area contributed by atoms with Crippen LogP contribution >= 0.6 is 0 Å². The van der Waals surface area contributed by atoms with Gasteiger partial charge < -0.3 is 29.5 Å². The van der Waals surface area contributed by atoms with Gasteiger partial charge in [-0.25, -0.2) is 0 Å². The maximum atomic E-state index is 13.8. The standard InChI is InChI=1S/C36H46N4O7/c1-36(2,3)25-23-29(35(44)40-13-11-38(12-14-40)15-19-41)33(45-4)30(24-25)37-34(43)32(42)28-9-10-31(27-8-6-5-7-26(27)28)47-22-18-39-16-20-46-21-17-39/h5-10,23-24,41H,11-22H2,1-4H3,(H,37,43). The van der Waals surface area contributed by atoms with Crippen LogP contribution in [0.5, 0.6) is 11.5 Å². The number of anilines is 1. The van der Waals surface area contributed by atoms with Crippen LogP contribution in [0.1, 0.15) is 47.1 Å². The quantitative estimate of drug-likeness (QED) is 0.239. The molecule has 2 amide bonds. The summed E-state index contributed by atoms with van der Waals surface area (Å²) in [6.45, 7) is 13.4. The second-order valence-electron chi connectivity index (χ2n) is 13.0. The Kier molecular flexibility index (Phi) is 11.1. The number of ketones is 1. The van der Waals surface area contributed by atoms with E-state index in [9.17, 15) is 19.5 Å². The van der Waals surface area contributed by atoms with Crippen molar-refractivity contribution < 1.29 is 33.7 Å². The van der Waals surface area contributed by atoms with Crippen molar-refractivity contribution in [3.05, 3.63) is 65.2 Å². The summed E-state index contributed by atoms with van der Waals surface area (Å²) in [6.07, 6.45) is 0. The van der Waals surface area contributed by atoms with E-state index >= 15 is 0 Å². The number of fused-ring (bicyclic) bond motifs is 1. The fourth-order valence-corrected chi connectivity index (χ4v) is 6.03. The van der Waals surface area contributed by atoms with Crippen molar-refractivity contribution in [2.75, 3.05) is 91.2 Å². The van der Waals surface area contributed by atoms with E-state index in [-0.39, 0.29) is 34.9 Å². The highest BCUT2D eigenvalue weighted by atomic mass is 16.5. The van der Waals surface area contributed by atoms with Crippen LogP contribution in [0, 0.1) is 0 Å². The highest BCUT2D eigenvalue weighted by Gasteiger charge is 2.30. The first kappa shape index (κ1) is 34.3. The minimum absolute atomic E-state index is 0.0697. The van der Waals surface area contributed by atoms with Gasteiger partial charge in [0.15, 0.2) is 5.75 Å². The summed E-state index contributed by atoms with van der Waals surface area (Å²) in [5, 5.41) is 13.4. The predicted octanol–water partition coefficient (Wildman–Crippen LogP) is 3.43. The number of nitrogens with one attached hydrogen (secondary N) is 1. The van der Waals surface area contributed by atoms with Gasteiger partial charge in [0.2, 0.25) is 0 Å². The van der Waals surface area contributed by atoms with Crippen molar-refractivity contribution in [1.82, 2.24) is 14.7 Å². The average molecular weight is 647 g/mol. The molecule has 2 fully saturated rings. The number of Topliss-reactive ketones (excluding diaryl/α,β-unsaturated/α-hetero) is 1. The Labute approximate surface area is 276 Å². The molecule has 2 N–H and O–H groups in total. The summed E-state index contributed by atoms with van der Waals surface area (Å²) in [5.74, 6) is -0.913. The van der Waals surface area contributed by atoms with E-state index in [1.165, 1.54) is 7.11 Å². The highest BCUT2D eigenvalue weighted by Crippen LogP contribution is 2.37. The topological polar surface area (TPSA) is 121 Å². The number of carbonyl (C=O) groups excluding carboxylic acids is 3. The van der Waals surface area contributed by atoms with Crippen molar-refractivity contribution in [3.63, 3.8) is 0 Å². The summed E-state index contributed by atoms with van der Waals surface area (Å²) < 4.78 is 17.3. The first-order chi connectivity index (χ1) is 22.6. The summed E-state index contributed by atoms with van der Waals surface area (Å²) in [5.41, 5.74) is 1.28. The number of ether oxygens (including phenoxy) is 3. The van der Waals surface area contributed by atoms with Gasteiger partial charge >= 0.3 is 0 Å². The Morgan fingerprint density at radius 3 is 2.21 bits per heavy atom. The molecular formula is C36H46N4O7. The zero-order valence-corrected chi connectivity index (χ0v) is 27.8. The lowest BCUT2D eigenvalue weighted by atomic mass is 9.85. The van der Waals surface area contributed by atoms with Crippen LogP contribution in [0.2, 0.25) is 0 Å². The molecule has 2 heterocycles. The number of nitrogens with zero attached hydrogens (tertiary/aromatic N) is 3. The second kappa shape index (κ2) is 15.2. The number of hydrogen-bond acceptors (Lipinski definition) is 9. The third-order valence-electron chi connectivity index (χ3n) is 8.82. The maximum Gasteiger partial charge on any atom is 0.296 e. The fraction of sp³-hybridized carbons (Fsp3) is 0.472. The molecule has 0 aromatic heterocycles. The second-order valence-corrected chi connectivity index (χ2v) is 13.0. The van der Waals surface area contributed by atoms with E-state index in [1.54, 1.807) is 23.1 Å². The third-order valence-corrected chi connectivity index (χ3v) is 8.82. The summed E-state index contributed by atoms with van der Waals surface area (Å²) >= 11 is 0. The molecule has 11 nitrogen and oxygen atoms in total. The maximum absolute atomic E-state index is 13.8. The average Bonchev–Trinajstić information content (AvgIpc) is 3.08. The molecule has 0 aliphatic carbocycles. The van der Waals surface area contributed by atoms with E-state index in [2.05, 4.69) is 15.1 Å². The number of benzene rings is 3. The number of aliphatic hydroxyl groups excluding tert-OH is 1. The van der Waals surface area contributed by atoms with Crippen LogP contribution in [0.15, 0.2) is 48.5 Å². The van der Waals surface area contributed by atoms with Gasteiger partial charge in [0.05, 0.1) is 38.2 Å². The predicted molar refractivity (Wildman–Crippen MR) is 181 cm³/mol. The molecule has 0 saturated carbocycles. The Hall–Kier alpha value is -4.03. The van der Waals surface area contributed by atoms with Gasteiger partial charge in [0.25, 0.3) is 17.6 Å².